The van der Waals surface area contributed by atoms with Gasteiger partial charge in [-0.1, -0.05) is 0 Å². The van der Waals surface area contributed by atoms with Gasteiger partial charge in [-0.2, -0.15) is 0 Å². The number of nitrogens with zero attached hydrogens (tertiary/aromatic N) is 2. The van der Waals surface area contributed by atoms with Crippen molar-refractivity contribution in [3.05, 3.63) is 66.0 Å². The molecule has 9 nitrogen and oxygen atoms in total. The molecule has 3 N–H and O–H groups in total. The molecule has 0 saturated carbocycles. The Labute approximate surface area is 189 Å². The molecule has 9 heteroatoms. The summed E-state index contributed by atoms with van der Waals surface area (Å²) in [5.41, 5.74) is 4.62. The number of methoxy groups -OCH3 is 1. The van der Waals surface area contributed by atoms with E-state index in [0.29, 0.717) is 40.6 Å². The molecular weight excluding hydrogens is 422 g/mol. The van der Waals surface area contributed by atoms with Crippen molar-refractivity contribution >= 4 is 52.0 Å². The van der Waals surface area contributed by atoms with Crippen molar-refractivity contribution < 1.29 is 19.1 Å². The quantitative estimate of drug-likeness (QED) is 0.304. The van der Waals surface area contributed by atoms with Crippen molar-refractivity contribution in [2.24, 2.45) is 0 Å². The van der Waals surface area contributed by atoms with E-state index in [1.165, 1.54) is 0 Å². The van der Waals surface area contributed by atoms with Gasteiger partial charge in [-0.3, -0.25) is 4.79 Å². The summed E-state index contributed by atoms with van der Waals surface area (Å²) >= 11 is 0. The van der Waals surface area contributed by atoms with Crippen LogP contribution >= 0.6 is 0 Å². The first-order chi connectivity index (χ1) is 16.1. The Bertz CT molecular complexity index is 1400. The summed E-state index contributed by atoms with van der Waals surface area (Å²) in [6, 6.07) is 12.5. The van der Waals surface area contributed by atoms with Crippen LogP contribution < -0.4 is 15.4 Å². The van der Waals surface area contributed by atoms with E-state index in [0.717, 1.165) is 16.8 Å². The number of aromatic amines is 1. The lowest BCUT2D eigenvalue weighted by Gasteiger charge is -2.05. The number of aromatic nitrogens is 3. The molecule has 4 aromatic rings. The Kier molecular flexibility index (Phi) is 5.06. The summed E-state index contributed by atoms with van der Waals surface area (Å²) in [6.45, 7) is 2.10. The normalized spacial score (nSPS) is 13.8. The third-order valence-electron chi connectivity index (χ3n) is 5.28. The number of fused-ring (bicyclic) bond motifs is 3. The molecule has 0 aliphatic carbocycles. The van der Waals surface area contributed by atoms with Gasteiger partial charge < -0.3 is 29.7 Å². The fourth-order valence-corrected chi connectivity index (χ4v) is 3.72. The standard InChI is InChI=1S/C24H21N5O4/c1-3-33-23(31)14-4-6-15(7-5-14)25-24-27-19-9-8-18-20(21(19)28-24)17(22(30)26-18)13-29-11-10-16(12-29)32-2/h4-13H,3H2,1-2H3,(H,26,30)(H2,25,27,28). The van der Waals surface area contributed by atoms with Gasteiger partial charge in [0, 0.05) is 23.6 Å². The van der Waals surface area contributed by atoms with E-state index in [1.54, 1.807) is 55.3 Å². The van der Waals surface area contributed by atoms with E-state index in [2.05, 4.69) is 20.6 Å². The Morgan fingerprint density at radius 1 is 1.18 bits per heavy atom. The van der Waals surface area contributed by atoms with Gasteiger partial charge in [0.25, 0.3) is 5.91 Å². The molecule has 166 valence electrons. The van der Waals surface area contributed by atoms with Gasteiger partial charge in [0.2, 0.25) is 5.95 Å². The monoisotopic (exact) mass is 443 g/mol. The lowest BCUT2D eigenvalue weighted by Crippen LogP contribution is -2.04. The molecule has 1 amide bonds. The SMILES string of the molecule is CCOC(=O)c1ccc(Nc2nc3c4c(ccc3[nH]2)NC(=O)C4=Cn2ccc(OC)c2)cc1. The van der Waals surface area contributed by atoms with Crippen molar-refractivity contribution in [2.45, 2.75) is 6.92 Å². The highest BCUT2D eigenvalue weighted by Crippen LogP contribution is 2.38. The number of amides is 1. The first-order valence-electron chi connectivity index (χ1n) is 10.4. The molecule has 0 bridgehead atoms. The zero-order valence-corrected chi connectivity index (χ0v) is 18.0. The van der Waals surface area contributed by atoms with Gasteiger partial charge in [-0.05, 0) is 49.4 Å². The van der Waals surface area contributed by atoms with Crippen molar-refractivity contribution in [3.8, 4) is 5.75 Å². The Morgan fingerprint density at radius 3 is 2.73 bits per heavy atom. The number of imidazole rings is 1. The van der Waals surface area contributed by atoms with E-state index in [4.69, 9.17) is 9.47 Å². The minimum Gasteiger partial charge on any atom is -0.495 e. The molecule has 0 radical (unpaired) electrons. The third kappa shape index (κ3) is 3.80. The second-order valence-corrected chi connectivity index (χ2v) is 7.39. The molecule has 3 heterocycles. The summed E-state index contributed by atoms with van der Waals surface area (Å²) in [4.78, 5) is 32.4. The lowest BCUT2D eigenvalue weighted by molar-refractivity contribution is -0.110. The molecule has 33 heavy (non-hydrogen) atoms. The number of esters is 1. The van der Waals surface area contributed by atoms with Gasteiger partial charge >= 0.3 is 5.97 Å². The maximum atomic E-state index is 12.7. The molecule has 0 spiro atoms. The van der Waals surface area contributed by atoms with Crippen LogP contribution in [-0.4, -0.2) is 40.1 Å². The number of hydrogen-bond acceptors (Lipinski definition) is 6. The van der Waals surface area contributed by atoms with Crippen LogP contribution in [0, 0.1) is 0 Å². The smallest absolute Gasteiger partial charge is 0.338 e. The molecule has 1 aliphatic rings. The molecule has 1 aliphatic heterocycles. The maximum Gasteiger partial charge on any atom is 0.338 e. The van der Waals surface area contributed by atoms with Crippen molar-refractivity contribution in [1.82, 2.24) is 14.5 Å². The summed E-state index contributed by atoms with van der Waals surface area (Å²) in [6.07, 6.45) is 5.35. The molecule has 5 rings (SSSR count). The Morgan fingerprint density at radius 2 is 2.00 bits per heavy atom. The van der Waals surface area contributed by atoms with Crippen LogP contribution in [0.3, 0.4) is 0 Å². The fraction of sp³-hybridized carbons (Fsp3) is 0.125. The van der Waals surface area contributed by atoms with Gasteiger partial charge in [-0.25, -0.2) is 9.78 Å². The average molecular weight is 443 g/mol. The minimum absolute atomic E-state index is 0.197. The number of benzene rings is 2. The number of ether oxygens (including phenoxy) is 2. The van der Waals surface area contributed by atoms with E-state index >= 15 is 0 Å². The van der Waals surface area contributed by atoms with Crippen LogP contribution in [0.1, 0.15) is 22.8 Å². The Balaban J connectivity index is 1.47. The topological polar surface area (TPSA) is 110 Å². The number of carbonyl (C=O) groups is 2. The number of nitrogens with one attached hydrogen (secondary N) is 3. The fourth-order valence-electron chi connectivity index (χ4n) is 3.72. The molecule has 0 atom stereocenters. The first kappa shape index (κ1) is 20.4. The zero-order valence-electron chi connectivity index (χ0n) is 18.0. The summed E-state index contributed by atoms with van der Waals surface area (Å²) in [5.74, 6) is 0.657. The highest BCUT2D eigenvalue weighted by atomic mass is 16.5. The van der Waals surface area contributed by atoms with Crippen LogP contribution in [0.15, 0.2) is 54.9 Å². The third-order valence-corrected chi connectivity index (χ3v) is 5.28. The molecule has 2 aromatic heterocycles. The van der Waals surface area contributed by atoms with Crippen LogP contribution in [0.4, 0.5) is 17.3 Å². The first-order valence-corrected chi connectivity index (χ1v) is 10.4. The maximum absolute atomic E-state index is 12.7. The van der Waals surface area contributed by atoms with Crippen LogP contribution in [-0.2, 0) is 9.53 Å². The van der Waals surface area contributed by atoms with Crippen molar-refractivity contribution in [3.63, 3.8) is 0 Å². The number of hydrogen-bond donors (Lipinski definition) is 3. The van der Waals surface area contributed by atoms with Gasteiger partial charge in [0.1, 0.15) is 11.3 Å². The van der Waals surface area contributed by atoms with Crippen molar-refractivity contribution in [1.29, 1.82) is 0 Å². The largest absolute Gasteiger partial charge is 0.495 e. The zero-order chi connectivity index (χ0) is 22.9. The predicted molar refractivity (Wildman–Crippen MR) is 126 cm³/mol. The molecular formula is C24H21N5O4. The summed E-state index contributed by atoms with van der Waals surface area (Å²) < 4.78 is 12.0. The number of anilines is 3. The number of carbonyl (C=O) groups excluding carboxylic acids is 2. The molecule has 0 fully saturated rings. The Hall–Kier alpha value is -4.53. The lowest BCUT2D eigenvalue weighted by atomic mass is 10.1. The second-order valence-electron chi connectivity index (χ2n) is 7.39. The van der Waals surface area contributed by atoms with E-state index in [1.807, 2.05) is 24.4 Å². The predicted octanol–water partition coefficient (Wildman–Crippen LogP) is 4.24. The molecule has 0 saturated heterocycles. The number of H-pyrrole nitrogens is 1. The van der Waals surface area contributed by atoms with Gasteiger partial charge in [-0.15, -0.1) is 0 Å². The van der Waals surface area contributed by atoms with Crippen LogP contribution in [0.25, 0.3) is 22.8 Å². The summed E-state index contributed by atoms with van der Waals surface area (Å²) in [7, 11) is 1.59. The minimum atomic E-state index is -0.361. The van der Waals surface area contributed by atoms with Crippen molar-refractivity contribution in [2.75, 3.05) is 24.4 Å². The van der Waals surface area contributed by atoms with Crippen LogP contribution in [0.5, 0.6) is 5.75 Å². The highest BCUT2D eigenvalue weighted by Gasteiger charge is 2.28. The van der Waals surface area contributed by atoms with Gasteiger partial charge in [0.15, 0.2) is 0 Å². The average Bonchev–Trinajstić information content (AvgIpc) is 3.51. The van der Waals surface area contributed by atoms with E-state index in [-0.39, 0.29) is 11.9 Å². The molecule has 0 unspecified atom stereocenters. The highest BCUT2D eigenvalue weighted by molar-refractivity contribution is 6.36. The number of rotatable bonds is 6. The van der Waals surface area contributed by atoms with Gasteiger partial charge in [0.05, 0.1) is 42.3 Å². The van der Waals surface area contributed by atoms with E-state index in [9.17, 15) is 9.59 Å². The summed E-state index contributed by atoms with van der Waals surface area (Å²) in [5, 5.41) is 6.10. The van der Waals surface area contributed by atoms with Crippen LogP contribution in [0.2, 0.25) is 0 Å². The second kappa shape index (κ2) is 8.19. The van der Waals surface area contributed by atoms with E-state index < -0.39 is 0 Å². The molecule has 2 aromatic carbocycles.